The summed E-state index contributed by atoms with van der Waals surface area (Å²) in [5, 5.41) is 9.87. The molecular weight excluding hydrogens is 152 g/mol. The fraction of sp³-hybridized carbons (Fsp3) is 1.00. The van der Waals surface area contributed by atoms with E-state index in [1.807, 2.05) is 0 Å². The molecule has 1 N–H and O–H groups in total. The Balaban J connectivity index is 2.52. The molecule has 0 spiro atoms. The number of aliphatic hydroxyl groups is 1. The summed E-state index contributed by atoms with van der Waals surface area (Å²) >= 11 is 0. The Morgan fingerprint density at radius 1 is 1.42 bits per heavy atom. The molecule has 1 rings (SSSR count). The highest BCUT2D eigenvalue weighted by Gasteiger charge is 2.39. The van der Waals surface area contributed by atoms with Crippen molar-refractivity contribution in [2.45, 2.75) is 57.2 Å². The van der Waals surface area contributed by atoms with Gasteiger partial charge in [-0.2, -0.15) is 0 Å². The van der Waals surface area contributed by atoms with E-state index < -0.39 is 0 Å². The minimum Gasteiger partial charge on any atom is -0.390 e. The van der Waals surface area contributed by atoms with Crippen LogP contribution in [0.25, 0.3) is 0 Å². The van der Waals surface area contributed by atoms with Crippen molar-refractivity contribution in [2.24, 2.45) is 0 Å². The summed E-state index contributed by atoms with van der Waals surface area (Å²) in [6, 6.07) is 0. The Morgan fingerprint density at radius 3 is 2.42 bits per heavy atom. The fourth-order valence-corrected chi connectivity index (χ4v) is 2.18. The minimum absolute atomic E-state index is 0.198. The molecule has 2 nitrogen and oxygen atoms in total. The Kier molecular flexibility index (Phi) is 3.53. The van der Waals surface area contributed by atoms with Crippen molar-refractivity contribution >= 4 is 0 Å². The van der Waals surface area contributed by atoms with Crippen molar-refractivity contribution in [2.75, 3.05) is 7.11 Å². The number of hydrogen-bond donors (Lipinski definition) is 1. The van der Waals surface area contributed by atoms with Crippen LogP contribution >= 0.6 is 0 Å². The molecule has 0 heterocycles. The van der Waals surface area contributed by atoms with E-state index in [2.05, 4.69) is 6.92 Å². The Morgan fingerprint density at radius 2 is 2.00 bits per heavy atom. The van der Waals surface area contributed by atoms with Gasteiger partial charge in [-0.3, -0.25) is 0 Å². The summed E-state index contributed by atoms with van der Waals surface area (Å²) in [5.41, 5.74) is -0.198. The van der Waals surface area contributed by atoms with Gasteiger partial charge in [0.25, 0.3) is 0 Å². The molecule has 1 aliphatic carbocycles. The molecule has 12 heavy (non-hydrogen) atoms. The third-order valence-electron chi connectivity index (χ3n) is 3.03. The van der Waals surface area contributed by atoms with E-state index >= 15 is 0 Å². The predicted octanol–water partition coefficient (Wildman–Crippen LogP) is 2.11. The van der Waals surface area contributed by atoms with Gasteiger partial charge in [0.1, 0.15) is 0 Å². The molecule has 0 aromatic rings. The van der Waals surface area contributed by atoms with Crippen molar-refractivity contribution in [3.05, 3.63) is 0 Å². The third-order valence-corrected chi connectivity index (χ3v) is 3.03. The van der Waals surface area contributed by atoms with Crippen LogP contribution in [-0.2, 0) is 4.74 Å². The van der Waals surface area contributed by atoms with Crippen LogP contribution in [0.15, 0.2) is 0 Å². The van der Waals surface area contributed by atoms with Crippen molar-refractivity contribution in [3.8, 4) is 0 Å². The number of hydrogen-bond acceptors (Lipinski definition) is 2. The first kappa shape index (κ1) is 10.0. The van der Waals surface area contributed by atoms with Crippen molar-refractivity contribution in [3.63, 3.8) is 0 Å². The van der Waals surface area contributed by atoms with E-state index in [0.717, 1.165) is 25.7 Å². The number of aliphatic hydroxyl groups excluding tert-OH is 1. The molecular formula is C10H20O2. The minimum atomic E-state index is -0.255. The number of ether oxygens (including phenoxy) is 1. The van der Waals surface area contributed by atoms with Gasteiger partial charge in [0.15, 0.2) is 0 Å². The average Bonchev–Trinajstić information content (AvgIpc) is 2.54. The maximum absolute atomic E-state index is 9.87. The summed E-state index contributed by atoms with van der Waals surface area (Å²) in [5.74, 6) is 0. The zero-order valence-electron chi connectivity index (χ0n) is 8.18. The molecule has 1 atom stereocenters. The van der Waals surface area contributed by atoms with Crippen LogP contribution in [0.1, 0.15) is 45.4 Å². The predicted molar refractivity (Wildman–Crippen MR) is 49.1 cm³/mol. The van der Waals surface area contributed by atoms with Crippen LogP contribution < -0.4 is 0 Å². The molecule has 0 bridgehead atoms. The van der Waals surface area contributed by atoms with E-state index in [0.29, 0.717) is 0 Å². The third kappa shape index (κ3) is 1.80. The van der Waals surface area contributed by atoms with Crippen LogP contribution in [-0.4, -0.2) is 23.9 Å². The Labute approximate surface area is 74.9 Å². The second kappa shape index (κ2) is 4.24. The molecule has 0 amide bonds. The average molecular weight is 172 g/mol. The maximum Gasteiger partial charge on any atom is 0.0936 e. The summed E-state index contributed by atoms with van der Waals surface area (Å²) in [7, 11) is 1.73. The first-order chi connectivity index (χ1) is 5.75. The van der Waals surface area contributed by atoms with Gasteiger partial charge in [-0.1, -0.05) is 26.2 Å². The van der Waals surface area contributed by atoms with Gasteiger partial charge in [0, 0.05) is 7.11 Å². The number of methoxy groups -OCH3 is 1. The van der Waals surface area contributed by atoms with Crippen LogP contribution in [0.3, 0.4) is 0 Å². The Bertz CT molecular complexity index is 128. The molecule has 0 aromatic carbocycles. The molecule has 1 aliphatic rings. The fourth-order valence-electron chi connectivity index (χ4n) is 2.18. The molecule has 1 unspecified atom stereocenters. The smallest absolute Gasteiger partial charge is 0.0936 e. The lowest BCUT2D eigenvalue weighted by Gasteiger charge is -2.32. The van der Waals surface area contributed by atoms with Crippen molar-refractivity contribution in [1.29, 1.82) is 0 Å². The van der Waals surface area contributed by atoms with E-state index in [1.165, 1.54) is 12.8 Å². The zero-order valence-corrected chi connectivity index (χ0v) is 8.18. The van der Waals surface area contributed by atoms with Crippen molar-refractivity contribution in [1.82, 2.24) is 0 Å². The topological polar surface area (TPSA) is 29.5 Å². The molecule has 1 fully saturated rings. The largest absolute Gasteiger partial charge is 0.390 e. The monoisotopic (exact) mass is 172 g/mol. The SMILES string of the molecule is CCCC(O)C1(OC)CCCC1. The van der Waals surface area contributed by atoms with Gasteiger partial charge in [-0.05, 0) is 19.3 Å². The highest BCUT2D eigenvalue weighted by Crippen LogP contribution is 2.36. The van der Waals surface area contributed by atoms with Gasteiger partial charge in [0.2, 0.25) is 0 Å². The second-order valence-electron chi connectivity index (χ2n) is 3.78. The lowest BCUT2D eigenvalue weighted by molar-refractivity contribution is -0.100. The summed E-state index contributed by atoms with van der Waals surface area (Å²) in [4.78, 5) is 0. The molecule has 72 valence electrons. The first-order valence-electron chi connectivity index (χ1n) is 4.98. The number of rotatable bonds is 4. The quantitative estimate of drug-likeness (QED) is 0.703. The lowest BCUT2D eigenvalue weighted by atomic mass is 9.91. The summed E-state index contributed by atoms with van der Waals surface area (Å²) in [6.07, 6.45) is 6.12. The molecule has 0 aromatic heterocycles. The lowest BCUT2D eigenvalue weighted by Crippen LogP contribution is -2.41. The van der Waals surface area contributed by atoms with Gasteiger partial charge >= 0.3 is 0 Å². The normalized spacial score (nSPS) is 24.2. The van der Waals surface area contributed by atoms with Crippen LogP contribution in [0.2, 0.25) is 0 Å². The van der Waals surface area contributed by atoms with Gasteiger partial charge in [-0.25, -0.2) is 0 Å². The highest BCUT2D eigenvalue weighted by atomic mass is 16.5. The highest BCUT2D eigenvalue weighted by molar-refractivity contribution is 4.92. The zero-order chi connectivity index (χ0) is 9.03. The standard InChI is InChI=1S/C10H20O2/c1-3-6-9(11)10(12-2)7-4-5-8-10/h9,11H,3-8H2,1-2H3. The van der Waals surface area contributed by atoms with Crippen molar-refractivity contribution < 1.29 is 9.84 Å². The van der Waals surface area contributed by atoms with Gasteiger partial charge < -0.3 is 9.84 Å². The van der Waals surface area contributed by atoms with Crippen LogP contribution in [0, 0.1) is 0 Å². The molecule has 0 aliphatic heterocycles. The van der Waals surface area contributed by atoms with E-state index in [4.69, 9.17) is 4.74 Å². The maximum atomic E-state index is 9.87. The van der Waals surface area contributed by atoms with E-state index in [-0.39, 0.29) is 11.7 Å². The van der Waals surface area contributed by atoms with Gasteiger partial charge in [-0.15, -0.1) is 0 Å². The summed E-state index contributed by atoms with van der Waals surface area (Å²) in [6.45, 7) is 2.10. The molecule has 1 saturated carbocycles. The van der Waals surface area contributed by atoms with E-state index in [1.54, 1.807) is 7.11 Å². The van der Waals surface area contributed by atoms with E-state index in [9.17, 15) is 5.11 Å². The summed E-state index contributed by atoms with van der Waals surface area (Å²) < 4.78 is 5.46. The molecule has 2 heteroatoms. The molecule has 0 radical (unpaired) electrons. The van der Waals surface area contributed by atoms with Gasteiger partial charge in [0.05, 0.1) is 11.7 Å². The van der Waals surface area contributed by atoms with Crippen LogP contribution in [0.4, 0.5) is 0 Å². The Hall–Kier alpha value is -0.0800. The van der Waals surface area contributed by atoms with Crippen LogP contribution in [0.5, 0.6) is 0 Å². The molecule has 0 saturated heterocycles. The first-order valence-corrected chi connectivity index (χ1v) is 4.98. The second-order valence-corrected chi connectivity index (χ2v) is 3.78.